The molecule has 1 saturated heterocycles. The number of nitrogens with zero attached hydrogens (tertiary/aromatic N) is 2. The second-order valence-corrected chi connectivity index (χ2v) is 6.13. The third-order valence-corrected chi connectivity index (χ3v) is 4.17. The van der Waals surface area contributed by atoms with Crippen molar-refractivity contribution in [2.75, 3.05) is 19.7 Å². The predicted octanol–water partition coefficient (Wildman–Crippen LogP) is 2.97. The van der Waals surface area contributed by atoms with E-state index in [-0.39, 0.29) is 42.6 Å². The number of nitrogens with one attached hydrogen (secondary N) is 1. The lowest BCUT2D eigenvalue weighted by Crippen LogP contribution is -2.42. The average Bonchev–Trinajstić information content (AvgIpc) is 2.64. The smallest absolute Gasteiger partial charge is 0.225 e. The highest BCUT2D eigenvalue weighted by atomic mass is 35.5. The highest BCUT2D eigenvalue weighted by Gasteiger charge is 2.22. The first-order valence-electron chi connectivity index (χ1n) is 8.44. The number of rotatable bonds is 6. The van der Waals surface area contributed by atoms with Crippen LogP contribution in [0, 0.1) is 5.82 Å². The van der Waals surface area contributed by atoms with Crippen LogP contribution in [0.5, 0.6) is 0 Å². The predicted molar refractivity (Wildman–Crippen MR) is 107 cm³/mol. The summed E-state index contributed by atoms with van der Waals surface area (Å²) >= 11 is 0. The Labute approximate surface area is 171 Å². The largest absolute Gasteiger partial charge is 0.375 e. The van der Waals surface area contributed by atoms with Crippen molar-refractivity contribution < 1.29 is 13.9 Å². The van der Waals surface area contributed by atoms with E-state index in [1.54, 1.807) is 29.4 Å². The lowest BCUT2D eigenvalue weighted by molar-refractivity contribution is -0.136. The van der Waals surface area contributed by atoms with Crippen molar-refractivity contribution in [3.05, 3.63) is 65.7 Å². The molecule has 27 heavy (non-hydrogen) atoms. The zero-order chi connectivity index (χ0) is 17.5. The van der Waals surface area contributed by atoms with Gasteiger partial charge in [0.25, 0.3) is 0 Å². The fourth-order valence-corrected chi connectivity index (χ4v) is 2.83. The SMILES string of the molecule is Cl.Cl.O=C(CC1CNCCO1)N(Cc1ccncc1)Cc1ccc(F)cc1. The molecule has 1 aliphatic heterocycles. The maximum atomic E-state index is 13.1. The normalized spacial score (nSPS) is 16.0. The Morgan fingerprint density at radius 1 is 1.11 bits per heavy atom. The van der Waals surface area contributed by atoms with Gasteiger partial charge in [-0.2, -0.15) is 0 Å². The molecule has 148 valence electrons. The molecule has 1 N–H and O–H groups in total. The van der Waals surface area contributed by atoms with Gasteiger partial charge in [0, 0.05) is 38.6 Å². The number of halogens is 3. The van der Waals surface area contributed by atoms with Crippen LogP contribution in [0.1, 0.15) is 17.5 Å². The molecule has 1 aromatic heterocycles. The summed E-state index contributed by atoms with van der Waals surface area (Å²) in [5.41, 5.74) is 1.90. The number of pyridine rings is 1. The molecule has 0 radical (unpaired) electrons. The molecule has 1 aromatic carbocycles. The van der Waals surface area contributed by atoms with Gasteiger partial charge in [-0.1, -0.05) is 12.1 Å². The van der Waals surface area contributed by atoms with Crippen molar-refractivity contribution in [1.82, 2.24) is 15.2 Å². The number of amides is 1. The highest BCUT2D eigenvalue weighted by Crippen LogP contribution is 2.14. The highest BCUT2D eigenvalue weighted by molar-refractivity contribution is 5.85. The minimum atomic E-state index is -0.280. The molecule has 5 nitrogen and oxygen atoms in total. The van der Waals surface area contributed by atoms with Gasteiger partial charge in [-0.05, 0) is 35.4 Å². The molecule has 2 heterocycles. The van der Waals surface area contributed by atoms with Gasteiger partial charge in [0.05, 0.1) is 19.1 Å². The van der Waals surface area contributed by atoms with Crippen LogP contribution in [0.15, 0.2) is 48.8 Å². The molecule has 1 fully saturated rings. The second kappa shape index (κ2) is 11.9. The molecule has 0 aliphatic carbocycles. The molecule has 2 aromatic rings. The zero-order valence-corrected chi connectivity index (χ0v) is 16.5. The minimum absolute atomic E-state index is 0. The van der Waals surface area contributed by atoms with Gasteiger partial charge in [0.1, 0.15) is 5.82 Å². The van der Waals surface area contributed by atoms with E-state index >= 15 is 0 Å². The van der Waals surface area contributed by atoms with Crippen LogP contribution in [-0.4, -0.2) is 41.6 Å². The van der Waals surface area contributed by atoms with Crippen molar-refractivity contribution in [2.45, 2.75) is 25.6 Å². The molecule has 1 aliphatic rings. The van der Waals surface area contributed by atoms with E-state index in [1.165, 1.54) is 12.1 Å². The third-order valence-electron chi connectivity index (χ3n) is 4.17. The lowest BCUT2D eigenvalue weighted by atomic mass is 10.1. The van der Waals surface area contributed by atoms with E-state index in [4.69, 9.17) is 4.74 Å². The molecule has 0 saturated carbocycles. The maximum Gasteiger partial charge on any atom is 0.225 e. The van der Waals surface area contributed by atoms with Crippen molar-refractivity contribution in [2.24, 2.45) is 0 Å². The Balaban J connectivity index is 0.00000182. The average molecular weight is 416 g/mol. The molecule has 0 spiro atoms. The summed E-state index contributed by atoms with van der Waals surface area (Å²) in [5.74, 6) is -0.257. The number of hydrogen-bond donors (Lipinski definition) is 1. The monoisotopic (exact) mass is 415 g/mol. The fraction of sp³-hybridized carbons (Fsp3) is 0.368. The Morgan fingerprint density at radius 3 is 2.33 bits per heavy atom. The lowest BCUT2D eigenvalue weighted by Gasteiger charge is -2.28. The summed E-state index contributed by atoms with van der Waals surface area (Å²) in [7, 11) is 0. The second-order valence-electron chi connectivity index (χ2n) is 6.13. The van der Waals surface area contributed by atoms with Crippen LogP contribution in [0.4, 0.5) is 4.39 Å². The molecule has 1 atom stereocenters. The number of carbonyl (C=O) groups excluding carboxylic acids is 1. The number of ether oxygens (including phenoxy) is 1. The van der Waals surface area contributed by atoms with Crippen LogP contribution in [0.25, 0.3) is 0 Å². The number of carbonyl (C=O) groups is 1. The van der Waals surface area contributed by atoms with Gasteiger partial charge in [-0.15, -0.1) is 24.8 Å². The first-order chi connectivity index (χ1) is 12.2. The molecular formula is C19H24Cl2FN3O2. The van der Waals surface area contributed by atoms with E-state index < -0.39 is 0 Å². The van der Waals surface area contributed by atoms with E-state index in [0.29, 0.717) is 32.7 Å². The molecule has 3 rings (SSSR count). The van der Waals surface area contributed by atoms with Crippen molar-refractivity contribution in [3.8, 4) is 0 Å². The molecule has 0 bridgehead atoms. The van der Waals surface area contributed by atoms with Gasteiger partial charge in [-0.3, -0.25) is 9.78 Å². The Kier molecular flexibility index (Phi) is 10.3. The quantitative estimate of drug-likeness (QED) is 0.787. The van der Waals surface area contributed by atoms with Crippen LogP contribution < -0.4 is 5.32 Å². The first-order valence-corrected chi connectivity index (χ1v) is 8.44. The van der Waals surface area contributed by atoms with Crippen LogP contribution in [0.2, 0.25) is 0 Å². The van der Waals surface area contributed by atoms with Crippen molar-refractivity contribution in [3.63, 3.8) is 0 Å². The Hall–Kier alpha value is -1.73. The minimum Gasteiger partial charge on any atom is -0.375 e. The van der Waals surface area contributed by atoms with Crippen LogP contribution in [-0.2, 0) is 22.6 Å². The van der Waals surface area contributed by atoms with Crippen molar-refractivity contribution >= 4 is 30.7 Å². The van der Waals surface area contributed by atoms with E-state index in [2.05, 4.69) is 10.3 Å². The van der Waals surface area contributed by atoms with Crippen LogP contribution >= 0.6 is 24.8 Å². The number of benzene rings is 1. The number of aromatic nitrogens is 1. The maximum absolute atomic E-state index is 13.1. The summed E-state index contributed by atoms with van der Waals surface area (Å²) in [5, 5.41) is 3.24. The topological polar surface area (TPSA) is 54.5 Å². The van der Waals surface area contributed by atoms with Gasteiger partial charge in [-0.25, -0.2) is 4.39 Å². The number of morpholine rings is 1. The zero-order valence-electron chi connectivity index (χ0n) is 14.8. The summed E-state index contributed by atoms with van der Waals surface area (Å²) in [6.07, 6.45) is 3.65. The summed E-state index contributed by atoms with van der Waals surface area (Å²) in [6, 6.07) is 10.0. The van der Waals surface area contributed by atoms with Crippen molar-refractivity contribution in [1.29, 1.82) is 0 Å². The van der Waals surface area contributed by atoms with E-state index in [9.17, 15) is 9.18 Å². The molecule has 1 amide bonds. The molecule has 8 heteroatoms. The Morgan fingerprint density at radius 2 is 1.74 bits per heavy atom. The van der Waals surface area contributed by atoms with E-state index in [0.717, 1.165) is 17.7 Å². The van der Waals surface area contributed by atoms with Gasteiger partial charge >= 0.3 is 0 Å². The standard InChI is InChI=1S/C19H22FN3O2.2ClH/c20-17-3-1-15(2-4-17)13-23(14-16-5-7-21-8-6-16)19(24)11-18-12-22-9-10-25-18;;/h1-8,18,22H,9-14H2;2*1H. The third kappa shape index (κ3) is 7.42. The molecular weight excluding hydrogens is 392 g/mol. The van der Waals surface area contributed by atoms with Gasteiger partial charge in [0.2, 0.25) is 5.91 Å². The van der Waals surface area contributed by atoms with E-state index in [1.807, 2.05) is 12.1 Å². The summed E-state index contributed by atoms with van der Waals surface area (Å²) in [4.78, 5) is 18.6. The van der Waals surface area contributed by atoms with Gasteiger partial charge in [0.15, 0.2) is 0 Å². The summed E-state index contributed by atoms with van der Waals surface area (Å²) in [6.45, 7) is 3.05. The Bertz CT molecular complexity index is 683. The van der Waals surface area contributed by atoms with Gasteiger partial charge < -0.3 is 15.0 Å². The summed E-state index contributed by atoms with van der Waals surface area (Å²) < 4.78 is 18.8. The molecule has 1 unspecified atom stereocenters. The first kappa shape index (κ1) is 23.3. The number of hydrogen-bond acceptors (Lipinski definition) is 4. The fourth-order valence-electron chi connectivity index (χ4n) is 2.83. The van der Waals surface area contributed by atoms with Crippen LogP contribution in [0.3, 0.4) is 0 Å².